The zero-order valence-corrected chi connectivity index (χ0v) is 18.1. The van der Waals surface area contributed by atoms with E-state index in [9.17, 15) is 4.79 Å². The third kappa shape index (κ3) is 4.60. The number of aromatic amines is 1. The number of thiazole rings is 1. The van der Waals surface area contributed by atoms with Crippen molar-refractivity contribution in [3.05, 3.63) is 60.6 Å². The molecule has 3 aromatic heterocycles. The molecule has 0 unspecified atom stereocenters. The van der Waals surface area contributed by atoms with Gasteiger partial charge >= 0.3 is 0 Å². The van der Waals surface area contributed by atoms with Crippen molar-refractivity contribution in [3.63, 3.8) is 0 Å². The van der Waals surface area contributed by atoms with E-state index < -0.39 is 0 Å². The quantitative estimate of drug-likeness (QED) is 0.263. The monoisotopic (exact) mass is 445 g/mol. The molecular formula is C22H19N7O2S. The molecule has 0 bridgehead atoms. The lowest BCUT2D eigenvalue weighted by Gasteiger charge is -2.06. The van der Waals surface area contributed by atoms with Crippen LogP contribution in [-0.2, 0) is 9.53 Å². The normalized spacial score (nSPS) is 10.6. The molecule has 1 amide bonds. The summed E-state index contributed by atoms with van der Waals surface area (Å²) in [4.78, 5) is 28.8. The summed E-state index contributed by atoms with van der Waals surface area (Å²) in [6.45, 7) is 2.91. The topological polar surface area (TPSA) is 140 Å². The molecule has 4 N–H and O–H groups in total. The predicted octanol–water partition coefficient (Wildman–Crippen LogP) is 4.56. The predicted molar refractivity (Wildman–Crippen MR) is 124 cm³/mol. The summed E-state index contributed by atoms with van der Waals surface area (Å²) >= 11 is 1.47. The Kier molecular flexibility index (Phi) is 5.86. The molecule has 0 radical (unpaired) electrons. The van der Waals surface area contributed by atoms with Crippen LogP contribution in [0.4, 0.5) is 5.82 Å². The number of nitrogens with one attached hydrogen (secondary N) is 4. The van der Waals surface area contributed by atoms with E-state index in [0.717, 1.165) is 26.7 Å². The maximum Gasteiger partial charge on any atom is 0.222 e. The van der Waals surface area contributed by atoms with Crippen LogP contribution in [0.15, 0.2) is 55.0 Å². The van der Waals surface area contributed by atoms with Gasteiger partial charge in [0.05, 0.1) is 10.6 Å². The van der Waals surface area contributed by atoms with Gasteiger partial charge in [0.15, 0.2) is 5.90 Å². The van der Waals surface area contributed by atoms with Gasteiger partial charge in [0.1, 0.15) is 16.6 Å². The van der Waals surface area contributed by atoms with E-state index in [2.05, 4.69) is 20.3 Å². The number of hydrogen-bond donors (Lipinski definition) is 4. The molecule has 0 aliphatic carbocycles. The standard InChI is InChI=1S/C22H19N7O2S/c1-12(23)31-20(24)15-5-3-14(4-6-15)18-19(21-26-9-10-27-21)32-22(29-18)16-7-8-25-17(11-16)28-13(2)30/h3-11,23-24H,1-2H3,(H,26,27)(H,25,28,30). The average molecular weight is 446 g/mol. The fraction of sp³-hybridized carbons (Fsp3) is 0.0909. The lowest BCUT2D eigenvalue weighted by Crippen LogP contribution is -2.08. The highest BCUT2D eigenvalue weighted by atomic mass is 32.1. The molecule has 3 heterocycles. The number of imidazole rings is 1. The fourth-order valence-corrected chi connectivity index (χ4v) is 4.04. The van der Waals surface area contributed by atoms with Gasteiger partial charge in [0, 0.05) is 49.1 Å². The number of carbonyl (C=O) groups is 1. The second-order valence-electron chi connectivity index (χ2n) is 6.81. The number of benzene rings is 1. The highest BCUT2D eigenvalue weighted by molar-refractivity contribution is 7.18. The van der Waals surface area contributed by atoms with Crippen LogP contribution in [0, 0.1) is 10.8 Å². The van der Waals surface area contributed by atoms with Gasteiger partial charge in [0.2, 0.25) is 11.8 Å². The van der Waals surface area contributed by atoms with Crippen molar-refractivity contribution in [2.45, 2.75) is 13.8 Å². The van der Waals surface area contributed by atoms with E-state index >= 15 is 0 Å². The third-order valence-corrected chi connectivity index (χ3v) is 5.44. The summed E-state index contributed by atoms with van der Waals surface area (Å²) in [6.07, 6.45) is 5.06. The van der Waals surface area contributed by atoms with E-state index in [1.165, 1.54) is 25.2 Å². The molecule has 0 atom stereocenters. The molecule has 0 fully saturated rings. The third-order valence-electron chi connectivity index (χ3n) is 4.33. The van der Waals surface area contributed by atoms with Crippen LogP contribution in [-0.4, -0.2) is 37.6 Å². The van der Waals surface area contributed by atoms with E-state index in [1.54, 1.807) is 36.8 Å². The van der Waals surface area contributed by atoms with Crippen molar-refractivity contribution in [3.8, 4) is 32.5 Å². The van der Waals surface area contributed by atoms with Gasteiger partial charge in [0.25, 0.3) is 0 Å². The van der Waals surface area contributed by atoms with Crippen molar-refractivity contribution < 1.29 is 9.53 Å². The Bertz CT molecular complexity index is 1290. The summed E-state index contributed by atoms with van der Waals surface area (Å²) in [5, 5.41) is 18.8. The maximum absolute atomic E-state index is 11.4. The van der Waals surface area contributed by atoms with Crippen LogP contribution in [0.3, 0.4) is 0 Å². The molecule has 0 spiro atoms. The Labute approximate surface area is 187 Å². The fourth-order valence-electron chi connectivity index (χ4n) is 2.99. The van der Waals surface area contributed by atoms with Gasteiger partial charge in [-0.25, -0.2) is 15.0 Å². The first-order chi connectivity index (χ1) is 15.4. The van der Waals surface area contributed by atoms with Gasteiger partial charge in [-0.05, 0) is 24.3 Å². The first kappa shape index (κ1) is 21.1. The first-order valence-corrected chi connectivity index (χ1v) is 10.4. The molecule has 0 aliphatic rings. The van der Waals surface area contributed by atoms with Crippen molar-refractivity contribution in [2.24, 2.45) is 0 Å². The summed E-state index contributed by atoms with van der Waals surface area (Å²) in [6, 6.07) is 10.8. The number of ether oxygens (including phenoxy) is 1. The SMILES string of the molecule is CC(=N)OC(=N)c1ccc(-c2nc(-c3ccnc(NC(C)=O)c3)sc2-c2ncc[nH]2)cc1. The minimum absolute atomic E-state index is 0.0423. The van der Waals surface area contributed by atoms with Crippen LogP contribution in [0.2, 0.25) is 0 Å². The second kappa shape index (κ2) is 8.90. The minimum atomic E-state index is -0.196. The number of anilines is 1. The minimum Gasteiger partial charge on any atom is -0.426 e. The van der Waals surface area contributed by atoms with Crippen LogP contribution >= 0.6 is 11.3 Å². The largest absolute Gasteiger partial charge is 0.426 e. The van der Waals surface area contributed by atoms with Gasteiger partial charge in [-0.3, -0.25) is 15.6 Å². The van der Waals surface area contributed by atoms with Crippen molar-refractivity contribution in [1.82, 2.24) is 19.9 Å². The molecule has 4 aromatic rings. The van der Waals surface area contributed by atoms with Gasteiger partial charge < -0.3 is 15.0 Å². The Balaban J connectivity index is 1.74. The summed E-state index contributed by atoms with van der Waals surface area (Å²) in [5.74, 6) is 0.824. The molecule has 10 heteroatoms. The second-order valence-corrected chi connectivity index (χ2v) is 7.81. The van der Waals surface area contributed by atoms with E-state index in [4.69, 9.17) is 20.5 Å². The van der Waals surface area contributed by atoms with Gasteiger partial charge in [-0.2, -0.15) is 0 Å². The number of carbonyl (C=O) groups excluding carboxylic acids is 1. The van der Waals surface area contributed by atoms with Crippen LogP contribution < -0.4 is 5.32 Å². The highest BCUT2D eigenvalue weighted by Gasteiger charge is 2.18. The Hall–Kier alpha value is -4.18. The van der Waals surface area contributed by atoms with E-state index in [1.807, 2.05) is 18.2 Å². The number of rotatable bonds is 5. The number of aromatic nitrogens is 4. The van der Waals surface area contributed by atoms with Crippen molar-refractivity contribution in [1.29, 1.82) is 10.8 Å². The maximum atomic E-state index is 11.4. The molecule has 1 aromatic carbocycles. The molecule has 9 nitrogen and oxygen atoms in total. The number of nitrogens with zero attached hydrogens (tertiary/aromatic N) is 3. The Morgan fingerprint density at radius 3 is 2.50 bits per heavy atom. The Morgan fingerprint density at radius 2 is 1.84 bits per heavy atom. The molecule has 0 aliphatic heterocycles. The van der Waals surface area contributed by atoms with E-state index in [0.29, 0.717) is 17.2 Å². The number of H-pyrrole nitrogens is 1. The lowest BCUT2D eigenvalue weighted by atomic mass is 10.1. The Morgan fingerprint density at radius 1 is 1.06 bits per heavy atom. The zero-order chi connectivity index (χ0) is 22.7. The smallest absolute Gasteiger partial charge is 0.222 e. The number of amides is 1. The van der Waals surface area contributed by atoms with Crippen molar-refractivity contribution >= 4 is 34.9 Å². The van der Waals surface area contributed by atoms with Crippen LogP contribution in [0.1, 0.15) is 19.4 Å². The van der Waals surface area contributed by atoms with Crippen LogP contribution in [0.5, 0.6) is 0 Å². The molecule has 160 valence electrons. The molecule has 4 rings (SSSR count). The molecule has 0 saturated carbocycles. The molecule has 0 saturated heterocycles. The van der Waals surface area contributed by atoms with Gasteiger partial charge in [-0.1, -0.05) is 12.1 Å². The van der Waals surface area contributed by atoms with Gasteiger partial charge in [-0.15, -0.1) is 11.3 Å². The lowest BCUT2D eigenvalue weighted by molar-refractivity contribution is -0.114. The first-order valence-electron chi connectivity index (χ1n) is 9.57. The summed E-state index contributed by atoms with van der Waals surface area (Å²) < 4.78 is 5.07. The molecule has 32 heavy (non-hydrogen) atoms. The molecular weight excluding hydrogens is 426 g/mol. The number of pyridine rings is 1. The van der Waals surface area contributed by atoms with Crippen LogP contribution in [0.25, 0.3) is 32.5 Å². The summed E-state index contributed by atoms with van der Waals surface area (Å²) in [7, 11) is 0. The number of hydrogen-bond acceptors (Lipinski definition) is 8. The average Bonchev–Trinajstić information content (AvgIpc) is 3.43. The zero-order valence-electron chi connectivity index (χ0n) is 17.3. The van der Waals surface area contributed by atoms with Crippen molar-refractivity contribution in [2.75, 3.05) is 5.32 Å². The highest BCUT2D eigenvalue weighted by Crippen LogP contribution is 2.39. The summed E-state index contributed by atoms with van der Waals surface area (Å²) in [5.41, 5.74) is 2.96. The van der Waals surface area contributed by atoms with E-state index in [-0.39, 0.29) is 17.7 Å².